The Balaban J connectivity index is 1.58. The maximum Gasteiger partial charge on any atom is 0.384 e. The van der Waals surface area contributed by atoms with E-state index in [0.717, 1.165) is 6.42 Å². The quantitative estimate of drug-likeness (QED) is 0.123. The number of aliphatic hydroxyl groups excluding tert-OH is 2. The Kier molecular flexibility index (Phi) is 8.42. The summed E-state index contributed by atoms with van der Waals surface area (Å²) in [5.74, 6) is -0.867. The zero-order valence-electron chi connectivity index (χ0n) is 26.2. The van der Waals surface area contributed by atoms with E-state index < -0.39 is 29.2 Å². The van der Waals surface area contributed by atoms with E-state index in [1.165, 1.54) is 9.80 Å². The van der Waals surface area contributed by atoms with Crippen molar-refractivity contribution in [1.82, 2.24) is 20.0 Å². The molecular weight excluding hydrogens is 540 g/mol. The first-order chi connectivity index (χ1) is 19.5. The number of urea groups is 2. The van der Waals surface area contributed by atoms with Crippen molar-refractivity contribution in [3.63, 3.8) is 0 Å². The summed E-state index contributed by atoms with van der Waals surface area (Å²) >= 11 is 0. The second-order valence-corrected chi connectivity index (χ2v) is 14.2. The highest BCUT2D eigenvalue weighted by Crippen LogP contribution is 2.73. The number of hydrogen-bond acceptors (Lipinski definition) is 6. The number of carbonyl (C=O) groups excluding carboxylic acids is 2. The van der Waals surface area contributed by atoms with E-state index in [1.807, 2.05) is 0 Å². The second kappa shape index (κ2) is 10.9. The number of hydroxylamine groups is 3. The van der Waals surface area contributed by atoms with Gasteiger partial charge in [-0.15, -0.1) is 19.7 Å². The average Bonchev–Trinajstić information content (AvgIpc) is 3.77. The van der Waals surface area contributed by atoms with Crippen LogP contribution in [0.25, 0.3) is 0 Å². The topological polar surface area (TPSA) is 132 Å². The van der Waals surface area contributed by atoms with E-state index in [2.05, 4.69) is 66.6 Å². The van der Waals surface area contributed by atoms with Gasteiger partial charge in [-0.3, -0.25) is 14.9 Å². The van der Waals surface area contributed by atoms with Crippen LogP contribution in [0.1, 0.15) is 54.4 Å². The van der Waals surface area contributed by atoms with E-state index in [9.17, 15) is 25.0 Å². The van der Waals surface area contributed by atoms with Gasteiger partial charge in [0.1, 0.15) is 0 Å². The maximum absolute atomic E-state index is 14.0. The van der Waals surface area contributed by atoms with Gasteiger partial charge in [-0.05, 0) is 23.7 Å². The summed E-state index contributed by atoms with van der Waals surface area (Å²) in [6.45, 7) is 25.4. The SMILES string of the molecule is C=CCN1C[N+]([O-])(CC(CC(C)(C)[C@H](CC)C[N+]23C(O)N(CC=C)C(=O)N(CC=C)C24OC43)C(C)(C)C)C(O)NC1=O. The molecule has 4 aliphatic heterocycles. The van der Waals surface area contributed by atoms with E-state index in [4.69, 9.17) is 4.74 Å². The molecule has 236 valence electrons. The van der Waals surface area contributed by atoms with Gasteiger partial charge in [0.25, 0.3) is 12.7 Å². The highest BCUT2D eigenvalue weighted by molar-refractivity contribution is 5.77. The van der Waals surface area contributed by atoms with E-state index in [-0.39, 0.29) is 65.7 Å². The van der Waals surface area contributed by atoms with Crippen LogP contribution in [0.2, 0.25) is 0 Å². The van der Waals surface area contributed by atoms with Gasteiger partial charge in [0.15, 0.2) is 6.67 Å². The van der Waals surface area contributed by atoms with Gasteiger partial charge in [-0.25, -0.2) is 24.1 Å². The lowest BCUT2D eigenvalue weighted by Crippen LogP contribution is -2.71. The molecule has 3 N–H and O–H groups in total. The molecule has 4 aliphatic rings. The minimum absolute atomic E-state index is 0.106. The average molecular weight is 592 g/mol. The zero-order valence-corrected chi connectivity index (χ0v) is 26.2. The van der Waals surface area contributed by atoms with Gasteiger partial charge >= 0.3 is 24.1 Å². The van der Waals surface area contributed by atoms with Crippen LogP contribution < -0.4 is 5.32 Å². The lowest BCUT2D eigenvalue weighted by molar-refractivity contribution is -0.979. The molecule has 4 amide bonds. The molecule has 12 heteroatoms. The molecule has 0 radical (unpaired) electrons. The predicted octanol–water partition coefficient (Wildman–Crippen LogP) is 3.08. The highest BCUT2D eigenvalue weighted by atomic mass is 16.8. The monoisotopic (exact) mass is 591 g/mol. The predicted molar refractivity (Wildman–Crippen MR) is 158 cm³/mol. The number of fused-ring (bicyclic) bond motifs is 1. The Labute approximate surface area is 250 Å². The minimum atomic E-state index is -1.55. The first-order valence-corrected chi connectivity index (χ1v) is 15.0. The van der Waals surface area contributed by atoms with Crippen molar-refractivity contribution in [2.45, 2.75) is 79.2 Å². The molecule has 7 unspecified atom stereocenters. The first-order valence-electron chi connectivity index (χ1n) is 15.0. The molecule has 0 aromatic heterocycles. The Morgan fingerprint density at radius 2 is 1.69 bits per heavy atom. The number of epoxide rings is 1. The van der Waals surface area contributed by atoms with Crippen molar-refractivity contribution >= 4 is 12.1 Å². The smallest absolute Gasteiger partial charge is 0.384 e. The summed E-state index contributed by atoms with van der Waals surface area (Å²) in [5, 5.41) is 38.8. The molecule has 4 heterocycles. The molecule has 0 saturated carbocycles. The third-order valence-corrected chi connectivity index (χ3v) is 10.1. The van der Waals surface area contributed by atoms with Crippen LogP contribution in [0.15, 0.2) is 38.0 Å². The highest BCUT2D eigenvalue weighted by Gasteiger charge is 3.06. The number of rotatable bonds is 14. The van der Waals surface area contributed by atoms with Crippen molar-refractivity contribution in [1.29, 1.82) is 0 Å². The molecular formula is C30H51N6O6+. The summed E-state index contributed by atoms with van der Waals surface area (Å²) in [6, 6.07) is -0.777. The lowest BCUT2D eigenvalue weighted by atomic mass is 9.65. The third kappa shape index (κ3) is 4.95. The number of quaternary nitrogens is 2. The molecule has 4 rings (SSSR count). The van der Waals surface area contributed by atoms with Gasteiger partial charge in [0.2, 0.25) is 0 Å². The molecule has 1 spiro atoms. The molecule has 0 aromatic carbocycles. The Morgan fingerprint density at radius 1 is 1.07 bits per heavy atom. The number of hydrogen-bond donors (Lipinski definition) is 3. The minimum Gasteiger partial charge on any atom is -0.628 e. The summed E-state index contributed by atoms with van der Waals surface area (Å²) in [5.41, 5.74) is -0.555. The van der Waals surface area contributed by atoms with Crippen LogP contribution in [-0.2, 0) is 4.74 Å². The van der Waals surface area contributed by atoms with Gasteiger partial charge in [-0.2, -0.15) is 4.48 Å². The van der Waals surface area contributed by atoms with Crippen LogP contribution in [0.5, 0.6) is 0 Å². The molecule has 4 fully saturated rings. The maximum atomic E-state index is 14.0. The van der Waals surface area contributed by atoms with Crippen molar-refractivity contribution in [2.24, 2.45) is 22.7 Å². The Hall–Kier alpha value is -2.48. The van der Waals surface area contributed by atoms with Crippen molar-refractivity contribution in [3.8, 4) is 0 Å². The van der Waals surface area contributed by atoms with E-state index >= 15 is 0 Å². The Bertz CT molecular complexity index is 1110. The number of nitrogens with zero attached hydrogens (tertiary/aromatic N) is 5. The van der Waals surface area contributed by atoms with E-state index in [0.29, 0.717) is 19.5 Å². The van der Waals surface area contributed by atoms with Gasteiger partial charge in [0, 0.05) is 31.5 Å². The van der Waals surface area contributed by atoms with Crippen molar-refractivity contribution in [3.05, 3.63) is 43.2 Å². The fraction of sp³-hybridized carbons (Fsp3) is 0.733. The number of aliphatic hydroxyl groups is 2. The summed E-state index contributed by atoms with van der Waals surface area (Å²) < 4.78 is 5.26. The standard InChI is InChI=1S/C30H50N6O6/c1-10-14-32-20-35(41,25(38)31-24(32)37)18-22(28(5,6)7)17-29(8,9)21(13-4)19-36-23-30(36,42-23)34(16-12-3)26(39)33(15-11-2)27(36)40/h10-12,21-23,25,27,38,40H,1-3,13-20H2,4-9H3/p+1/t21-,22?,23?,25?,27?,30?,35?,36?/m1/s1. The molecule has 0 bridgehead atoms. The molecule has 0 aliphatic carbocycles. The van der Waals surface area contributed by atoms with Crippen LogP contribution in [-0.4, -0.2) is 110 Å². The third-order valence-electron chi connectivity index (χ3n) is 10.1. The second-order valence-electron chi connectivity index (χ2n) is 14.2. The van der Waals surface area contributed by atoms with E-state index in [1.54, 1.807) is 23.1 Å². The molecule has 12 nitrogen and oxygen atoms in total. The Morgan fingerprint density at radius 3 is 2.21 bits per heavy atom. The number of ether oxygens (including phenoxy) is 1. The fourth-order valence-corrected chi connectivity index (χ4v) is 7.32. The van der Waals surface area contributed by atoms with Gasteiger partial charge < -0.3 is 15.4 Å². The number of nitrogens with one attached hydrogen (secondary N) is 1. The zero-order chi connectivity index (χ0) is 31.5. The first kappa shape index (κ1) is 32.4. The molecule has 0 aromatic rings. The van der Waals surface area contributed by atoms with Crippen LogP contribution in [0.3, 0.4) is 0 Å². The van der Waals surface area contributed by atoms with Crippen LogP contribution >= 0.6 is 0 Å². The summed E-state index contributed by atoms with van der Waals surface area (Å²) in [7, 11) is 0. The summed E-state index contributed by atoms with van der Waals surface area (Å²) in [6.07, 6.45) is 3.44. The normalized spacial score (nSPS) is 35.5. The van der Waals surface area contributed by atoms with Crippen LogP contribution in [0, 0.1) is 27.9 Å². The van der Waals surface area contributed by atoms with Crippen molar-refractivity contribution < 1.29 is 33.7 Å². The largest absolute Gasteiger partial charge is 0.628 e. The fourth-order valence-electron chi connectivity index (χ4n) is 7.32. The molecule has 4 saturated heterocycles. The molecule has 8 atom stereocenters. The number of amides is 4. The van der Waals surface area contributed by atoms with Gasteiger partial charge in [-0.1, -0.05) is 59.8 Å². The lowest BCUT2D eigenvalue weighted by Gasteiger charge is -2.54. The van der Waals surface area contributed by atoms with Crippen molar-refractivity contribution in [2.75, 3.05) is 39.4 Å². The molecule has 42 heavy (non-hydrogen) atoms. The van der Waals surface area contributed by atoms with Crippen LogP contribution in [0.4, 0.5) is 9.59 Å². The van der Waals surface area contributed by atoms with Gasteiger partial charge in [0.05, 0.1) is 13.1 Å². The summed E-state index contributed by atoms with van der Waals surface area (Å²) in [4.78, 5) is 30.1. The number of carbonyl (C=O) groups is 2.